The van der Waals surface area contributed by atoms with Crippen molar-refractivity contribution in [2.24, 2.45) is 0 Å². The number of benzene rings is 1. The summed E-state index contributed by atoms with van der Waals surface area (Å²) in [6, 6.07) is 8.23. The molecule has 0 bridgehead atoms. The largest absolute Gasteiger partial charge is 0.217 e. The standard InChI is InChI=1S/C10H10N2S/c1-8-4-2-3-5-10(8)9-6-11-12(13)7-9/h2-7,13H,1H3. The van der Waals surface area contributed by atoms with Crippen molar-refractivity contribution in [2.75, 3.05) is 0 Å². The van der Waals surface area contributed by atoms with Gasteiger partial charge in [-0.2, -0.15) is 5.10 Å². The minimum atomic E-state index is 1.10. The van der Waals surface area contributed by atoms with Crippen LogP contribution in [0.25, 0.3) is 11.1 Å². The van der Waals surface area contributed by atoms with Gasteiger partial charge in [-0.25, -0.2) is 4.09 Å². The summed E-state index contributed by atoms with van der Waals surface area (Å²) in [5.41, 5.74) is 3.57. The Morgan fingerprint density at radius 2 is 2.08 bits per heavy atom. The zero-order valence-electron chi connectivity index (χ0n) is 7.31. The SMILES string of the molecule is Cc1ccccc1-c1cnn(S)c1. The summed E-state index contributed by atoms with van der Waals surface area (Å²) in [6.07, 6.45) is 3.71. The van der Waals surface area contributed by atoms with Gasteiger partial charge in [-0.1, -0.05) is 24.3 Å². The topological polar surface area (TPSA) is 17.8 Å². The molecule has 0 radical (unpaired) electrons. The average molecular weight is 190 g/mol. The summed E-state index contributed by atoms with van der Waals surface area (Å²) in [7, 11) is 0. The zero-order valence-corrected chi connectivity index (χ0v) is 8.20. The highest BCUT2D eigenvalue weighted by molar-refractivity contribution is 7.78. The van der Waals surface area contributed by atoms with E-state index in [0.29, 0.717) is 0 Å². The van der Waals surface area contributed by atoms with Gasteiger partial charge < -0.3 is 0 Å². The molecule has 0 atom stereocenters. The number of nitrogens with zero attached hydrogens (tertiary/aromatic N) is 2. The molecule has 3 heteroatoms. The van der Waals surface area contributed by atoms with Crippen LogP contribution in [0.2, 0.25) is 0 Å². The highest BCUT2D eigenvalue weighted by atomic mass is 32.1. The molecule has 0 spiro atoms. The maximum Gasteiger partial charge on any atom is 0.0578 e. The molecule has 1 aromatic carbocycles. The van der Waals surface area contributed by atoms with E-state index in [9.17, 15) is 0 Å². The van der Waals surface area contributed by atoms with E-state index in [1.54, 1.807) is 0 Å². The second kappa shape index (κ2) is 3.26. The molecule has 0 saturated carbocycles. The predicted molar refractivity (Wildman–Crippen MR) is 56.8 cm³/mol. The van der Waals surface area contributed by atoms with Crippen LogP contribution < -0.4 is 0 Å². The van der Waals surface area contributed by atoms with Gasteiger partial charge in [-0.3, -0.25) is 0 Å². The quantitative estimate of drug-likeness (QED) is 0.684. The van der Waals surface area contributed by atoms with Crippen LogP contribution in [-0.2, 0) is 0 Å². The lowest BCUT2D eigenvalue weighted by atomic mass is 10.0. The van der Waals surface area contributed by atoms with Crippen molar-refractivity contribution >= 4 is 12.8 Å². The van der Waals surface area contributed by atoms with E-state index in [1.807, 2.05) is 24.5 Å². The van der Waals surface area contributed by atoms with Crippen LogP contribution in [-0.4, -0.2) is 9.19 Å². The minimum absolute atomic E-state index is 1.10. The molecule has 2 rings (SSSR count). The van der Waals surface area contributed by atoms with Crippen LogP contribution in [0.5, 0.6) is 0 Å². The Labute approximate surface area is 82.8 Å². The fourth-order valence-corrected chi connectivity index (χ4v) is 1.52. The fourth-order valence-electron chi connectivity index (χ4n) is 1.35. The number of aryl methyl sites for hydroxylation is 1. The van der Waals surface area contributed by atoms with E-state index >= 15 is 0 Å². The first-order chi connectivity index (χ1) is 6.27. The van der Waals surface area contributed by atoms with E-state index in [-0.39, 0.29) is 0 Å². The van der Waals surface area contributed by atoms with Crippen LogP contribution >= 0.6 is 12.8 Å². The van der Waals surface area contributed by atoms with Gasteiger partial charge in [0.05, 0.1) is 6.20 Å². The Kier molecular flexibility index (Phi) is 2.10. The molecule has 0 aliphatic heterocycles. The van der Waals surface area contributed by atoms with E-state index < -0.39 is 0 Å². The Balaban J connectivity index is 2.52. The van der Waals surface area contributed by atoms with Crippen LogP contribution in [0, 0.1) is 6.92 Å². The Hall–Kier alpha value is -1.22. The summed E-state index contributed by atoms with van der Waals surface area (Å²) in [6.45, 7) is 2.09. The number of aromatic nitrogens is 2. The van der Waals surface area contributed by atoms with Crippen molar-refractivity contribution in [3.05, 3.63) is 42.2 Å². The third kappa shape index (κ3) is 1.60. The van der Waals surface area contributed by atoms with Crippen molar-refractivity contribution in [1.82, 2.24) is 9.19 Å². The summed E-state index contributed by atoms with van der Waals surface area (Å²) in [5.74, 6) is 0. The molecule has 0 aliphatic rings. The maximum absolute atomic E-state index is 4.10. The highest BCUT2D eigenvalue weighted by Gasteiger charge is 2.01. The zero-order chi connectivity index (χ0) is 9.26. The molecule has 13 heavy (non-hydrogen) atoms. The Bertz CT molecular complexity index is 420. The number of rotatable bonds is 1. The minimum Gasteiger partial charge on any atom is -0.217 e. The lowest BCUT2D eigenvalue weighted by Crippen LogP contribution is -1.79. The lowest BCUT2D eigenvalue weighted by Gasteiger charge is -2.00. The van der Waals surface area contributed by atoms with Crippen LogP contribution in [0.15, 0.2) is 36.7 Å². The first-order valence-corrected chi connectivity index (χ1v) is 4.47. The van der Waals surface area contributed by atoms with Gasteiger partial charge in [-0.05, 0) is 30.9 Å². The molecule has 2 aromatic rings. The summed E-state index contributed by atoms with van der Waals surface area (Å²) >= 11 is 4.10. The van der Waals surface area contributed by atoms with Gasteiger partial charge in [-0.15, -0.1) is 0 Å². The molecule has 0 amide bonds. The maximum atomic E-state index is 4.10. The first kappa shape index (κ1) is 8.38. The molecule has 0 unspecified atom stereocenters. The molecule has 0 fully saturated rings. The molecule has 66 valence electrons. The van der Waals surface area contributed by atoms with Crippen LogP contribution in [0.1, 0.15) is 5.56 Å². The molecule has 0 aliphatic carbocycles. The smallest absolute Gasteiger partial charge is 0.0578 e. The van der Waals surface area contributed by atoms with Gasteiger partial charge in [0, 0.05) is 11.8 Å². The van der Waals surface area contributed by atoms with Crippen molar-refractivity contribution < 1.29 is 0 Å². The summed E-state index contributed by atoms with van der Waals surface area (Å²) in [4.78, 5) is 0. The van der Waals surface area contributed by atoms with Gasteiger partial charge in [0.25, 0.3) is 0 Å². The normalized spacial score (nSPS) is 10.3. The summed E-state index contributed by atoms with van der Waals surface area (Å²) in [5, 5.41) is 4.01. The second-order valence-corrected chi connectivity index (χ2v) is 3.37. The molecular formula is C10H10N2S. The lowest BCUT2D eigenvalue weighted by molar-refractivity contribution is 1.02. The Morgan fingerprint density at radius 1 is 1.31 bits per heavy atom. The number of thiol groups is 1. The van der Waals surface area contributed by atoms with Gasteiger partial charge >= 0.3 is 0 Å². The van der Waals surface area contributed by atoms with E-state index in [0.717, 1.165) is 5.56 Å². The van der Waals surface area contributed by atoms with Gasteiger partial charge in [0.15, 0.2) is 0 Å². The predicted octanol–water partition coefficient (Wildman–Crippen LogP) is 2.55. The second-order valence-electron chi connectivity index (χ2n) is 2.96. The first-order valence-electron chi connectivity index (χ1n) is 4.07. The van der Waals surface area contributed by atoms with Crippen molar-refractivity contribution in [1.29, 1.82) is 0 Å². The van der Waals surface area contributed by atoms with E-state index in [2.05, 4.69) is 37.0 Å². The Morgan fingerprint density at radius 3 is 2.69 bits per heavy atom. The van der Waals surface area contributed by atoms with Crippen molar-refractivity contribution in [3.8, 4) is 11.1 Å². The van der Waals surface area contributed by atoms with Crippen molar-refractivity contribution in [3.63, 3.8) is 0 Å². The van der Waals surface area contributed by atoms with Gasteiger partial charge in [0.2, 0.25) is 0 Å². The molecule has 0 N–H and O–H groups in total. The fraction of sp³-hybridized carbons (Fsp3) is 0.100. The average Bonchev–Trinajstić information content (AvgIpc) is 2.53. The highest BCUT2D eigenvalue weighted by Crippen LogP contribution is 2.22. The summed E-state index contributed by atoms with van der Waals surface area (Å²) < 4.78 is 1.52. The molecule has 0 saturated heterocycles. The third-order valence-corrected chi connectivity index (χ3v) is 2.24. The molecule has 1 aromatic heterocycles. The van der Waals surface area contributed by atoms with E-state index in [4.69, 9.17) is 0 Å². The third-order valence-electron chi connectivity index (χ3n) is 2.03. The van der Waals surface area contributed by atoms with Crippen LogP contribution in [0.3, 0.4) is 0 Å². The monoisotopic (exact) mass is 190 g/mol. The van der Waals surface area contributed by atoms with Crippen molar-refractivity contribution in [2.45, 2.75) is 6.92 Å². The molecule has 2 nitrogen and oxygen atoms in total. The number of hydrogen-bond donors (Lipinski definition) is 1. The van der Waals surface area contributed by atoms with Crippen LogP contribution in [0.4, 0.5) is 0 Å². The van der Waals surface area contributed by atoms with Gasteiger partial charge in [0.1, 0.15) is 0 Å². The number of hydrogen-bond acceptors (Lipinski definition) is 2. The molecule has 1 heterocycles. The molecular weight excluding hydrogens is 180 g/mol. The van der Waals surface area contributed by atoms with E-state index in [1.165, 1.54) is 15.2 Å².